The lowest BCUT2D eigenvalue weighted by Crippen LogP contribution is -2.39. The molecule has 2 amide bonds. The smallest absolute Gasteiger partial charge is 0.349 e. The van der Waals surface area contributed by atoms with Crippen molar-refractivity contribution in [3.05, 3.63) is 76.6 Å². The van der Waals surface area contributed by atoms with E-state index >= 15 is 0 Å². The Kier molecular flexibility index (Phi) is 5.94. The van der Waals surface area contributed by atoms with Gasteiger partial charge in [-0.05, 0) is 66.3 Å². The summed E-state index contributed by atoms with van der Waals surface area (Å²) in [4.78, 5) is 24.6. The molecular formula is C23H21F3N4O3. The third-order valence-corrected chi connectivity index (χ3v) is 5.69. The van der Waals surface area contributed by atoms with Crippen molar-refractivity contribution < 1.29 is 28.0 Å². The highest BCUT2D eigenvalue weighted by atomic mass is 19.4. The van der Waals surface area contributed by atoms with E-state index in [-0.39, 0.29) is 22.7 Å². The number of hydrogen-bond donors (Lipinski definition) is 3. The maximum Gasteiger partial charge on any atom is 0.416 e. The first-order chi connectivity index (χ1) is 15.6. The number of benzene rings is 2. The Morgan fingerprint density at radius 1 is 1.06 bits per heavy atom. The van der Waals surface area contributed by atoms with Crippen LogP contribution in [0.4, 0.5) is 13.2 Å². The van der Waals surface area contributed by atoms with E-state index in [9.17, 15) is 22.8 Å². The number of carbonyl (C=O) groups is 2. The first-order valence-corrected chi connectivity index (χ1v) is 10.2. The molecule has 2 aromatic carbocycles. The number of fused-ring (bicyclic) bond motifs is 1. The molecule has 0 bridgehead atoms. The number of amides is 2. The molecule has 172 valence electrons. The van der Waals surface area contributed by atoms with Crippen molar-refractivity contribution in [2.75, 3.05) is 0 Å². The van der Waals surface area contributed by atoms with Crippen LogP contribution in [-0.4, -0.2) is 32.8 Å². The maximum absolute atomic E-state index is 13.5. The highest BCUT2D eigenvalue weighted by Gasteiger charge is 2.32. The molecule has 7 nitrogen and oxygen atoms in total. The van der Waals surface area contributed by atoms with Crippen molar-refractivity contribution in [2.45, 2.75) is 31.5 Å². The molecule has 0 saturated heterocycles. The Hall–Kier alpha value is -3.66. The van der Waals surface area contributed by atoms with Gasteiger partial charge in [0.05, 0.1) is 11.8 Å². The molecule has 1 aliphatic rings. The van der Waals surface area contributed by atoms with Crippen LogP contribution in [0.2, 0.25) is 0 Å². The molecule has 0 saturated carbocycles. The van der Waals surface area contributed by atoms with Crippen LogP contribution in [0.3, 0.4) is 0 Å². The second-order valence-electron chi connectivity index (χ2n) is 8.04. The number of carbonyl (C=O) groups excluding carboxylic acids is 2. The van der Waals surface area contributed by atoms with Gasteiger partial charge in [0, 0.05) is 36.0 Å². The SMILES string of the molecule is Cn1cc(-c2cc(C(=O)NC3CCc4ccc(C(=O)NO)cc4C3)cc(C(F)(F)F)c2)cn1. The second kappa shape index (κ2) is 8.70. The zero-order valence-electron chi connectivity index (χ0n) is 17.6. The Bertz CT molecular complexity index is 1220. The fourth-order valence-electron chi connectivity index (χ4n) is 4.01. The number of aromatic nitrogens is 2. The molecule has 1 aliphatic carbocycles. The predicted molar refractivity (Wildman–Crippen MR) is 113 cm³/mol. The average molecular weight is 458 g/mol. The number of nitrogens with one attached hydrogen (secondary N) is 2. The summed E-state index contributed by atoms with van der Waals surface area (Å²) in [6.07, 6.45) is 0.0804. The highest BCUT2D eigenvalue weighted by Crippen LogP contribution is 2.33. The molecule has 3 aromatic rings. The van der Waals surface area contributed by atoms with E-state index in [2.05, 4.69) is 10.4 Å². The van der Waals surface area contributed by atoms with E-state index in [1.807, 2.05) is 0 Å². The quantitative estimate of drug-likeness (QED) is 0.412. The highest BCUT2D eigenvalue weighted by molar-refractivity contribution is 5.96. The third kappa shape index (κ3) is 4.90. The number of aryl methyl sites for hydroxylation is 2. The normalized spacial score (nSPS) is 15.6. The zero-order valence-corrected chi connectivity index (χ0v) is 17.6. The predicted octanol–water partition coefficient (Wildman–Crippen LogP) is 3.51. The Balaban J connectivity index is 1.58. The number of halogens is 3. The van der Waals surface area contributed by atoms with Gasteiger partial charge in [-0.3, -0.25) is 19.5 Å². The summed E-state index contributed by atoms with van der Waals surface area (Å²) in [5.74, 6) is -1.25. The largest absolute Gasteiger partial charge is 0.416 e. The molecule has 1 aromatic heterocycles. The Labute approximate surface area is 187 Å². The van der Waals surface area contributed by atoms with Crippen LogP contribution in [-0.2, 0) is 26.1 Å². The first kappa shape index (κ1) is 22.5. The summed E-state index contributed by atoms with van der Waals surface area (Å²) in [7, 11) is 1.65. The molecule has 0 spiro atoms. The molecule has 10 heteroatoms. The van der Waals surface area contributed by atoms with E-state index in [0.29, 0.717) is 24.8 Å². The van der Waals surface area contributed by atoms with Crippen molar-refractivity contribution >= 4 is 11.8 Å². The van der Waals surface area contributed by atoms with Crippen LogP contribution in [0.5, 0.6) is 0 Å². The van der Waals surface area contributed by atoms with Crippen LogP contribution < -0.4 is 10.8 Å². The minimum Gasteiger partial charge on any atom is -0.349 e. The zero-order chi connectivity index (χ0) is 23.8. The fourth-order valence-corrected chi connectivity index (χ4v) is 4.01. The Morgan fingerprint density at radius 2 is 1.85 bits per heavy atom. The third-order valence-electron chi connectivity index (χ3n) is 5.69. The van der Waals surface area contributed by atoms with Gasteiger partial charge in [-0.2, -0.15) is 18.3 Å². The van der Waals surface area contributed by atoms with Gasteiger partial charge in [0.2, 0.25) is 0 Å². The molecule has 0 radical (unpaired) electrons. The van der Waals surface area contributed by atoms with Gasteiger partial charge in [0.15, 0.2) is 0 Å². The first-order valence-electron chi connectivity index (χ1n) is 10.2. The number of nitrogens with zero attached hydrogens (tertiary/aromatic N) is 2. The second-order valence-corrected chi connectivity index (χ2v) is 8.04. The molecule has 1 unspecified atom stereocenters. The summed E-state index contributed by atoms with van der Waals surface area (Å²) in [5, 5.41) is 15.6. The lowest BCUT2D eigenvalue weighted by molar-refractivity contribution is -0.137. The summed E-state index contributed by atoms with van der Waals surface area (Å²) >= 11 is 0. The molecule has 1 heterocycles. The molecular weight excluding hydrogens is 437 g/mol. The Morgan fingerprint density at radius 3 is 2.52 bits per heavy atom. The van der Waals surface area contributed by atoms with Crippen molar-refractivity contribution in [2.24, 2.45) is 7.05 Å². The number of hydroxylamine groups is 1. The van der Waals surface area contributed by atoms with Gasteiger partial charge in [0.1, 0.15) is 0 Å². The number of rotatable bonds is 4. The van der Waals surface area contributed by atoms with Gasteiger partial charge in [-0.25, -0.2) is 5.48 Å². The average Bonchev–Trinajstić information content (AvgIpc) is 3.23. The van der Waals surface area contributed by atoms with E-state index in [4.69, 9.17) is 5.21 Å². The number of alkyl halides is 3. The summed E-state index contributed by atoms with van der Waals surface area (Å²) in [6, 6.07) is 7.99. The van der Waals surface area contributed by atoms with Gasteiger partial charge in [-0.1, -0.05) is 6.07 Å². The minimum atomic E-state index is -4.61. The van der Waals surface area contributed by atoms with Crippen LogP contribution >= 0.6 is 0 Å². The number of hydrogen-bond acceptors (Lipinski definition) is 4. The lowest BCUT2D eigenvalue weighted by atomic mass is 9.87. The molecule has 1 atom stereocenters. The van der Waals surface area contributed by atoms with Crippen molar-refractivity contribution in [1.82, 2.24) is 20.6 Å². The van der Waals surface area contributed by atoms with E-state index in [1.54, 1.807) is 36.9 Å². The standard InChI is InChI=1S/C23H21F3N4O3/c1-30-12-18(11-27-30)15-7-17(9-19(8-15)23(24,25)26)21(31)28-20-5-4-13-2-3-14(22(32)29-33)6-16(13)10-20/h2-3,6-9,11-12,20,33H,4-5,10H2,1H3,(H,28,31)(H,29,32). The summed E-state index contributed by atoms with van der Waals surface area (Å²) < 4.78 is 41.9. The molecule has 0 fully saturated rings. The van der Waals surface area contributed by atoms with Crippen molar-refractivity contribution in [3.8, 4) is 11.1 Å². The van der Waals surface area contributed by atoms with Gasteiger partial charge in [0.25, 0.3) is 11.8 Å². The maximum atomic E-state index is 13.5. The van der Waals surface area contributed by atoms with Crippen molar-refractivity contribution in [1.29, 1.82) is 0 Å². The lowest BCUT2D eigenvalue weighted by Gasteiger charge is -2.26. The van der Waals surface area contributed by atoms with Crippen LogP contribution in [0.25, 0.3) is 11.1 Å². The molecule has 4 rings (SSSR count). The summed E-state index contributed by atoms with van der Waals surface area (Å²) in [5.41, 5.74) is 3.44. The van der Waals surface area contributed by atoms with Gasteiger partial charge < -0.3 is 5.32 Å². The van der Waals surface area contributed by atoms with Gasteiger partial charge >= 0.3 is 6.18 Å². The van der Waals surface area contributed by atoms with E-state index in [1.165, 1.54) is 16.9 Å². The minimum absolute atomic E-state index is 0.0946. The van der Waals surface area contributed by atoms with Gasteiger partial charge in [-0.15, -0.1) is 0 Å². The molecule has 0 aliphatic heterocycles. The van der Waals surface area contributed by atoms with Crippen molar-refractivity contribution in [3.63, 3.8) is 0 Å². The monoisotopic (exact) mass is 458 g/mol. The fraction of sp³-hybridized carbons (Fsp3) is 0.261. The van der Waals surface area contributed by atoms with Crippen LogP contribution in [0, 0.1) is 0 Å². The molecule has 3 N–H and O–H groups in total. The van der Waals surface area contributed by atoms with Crippen LogP contribution in [0.15, 0.2) is 48.8 Å². The summed E-state index contributed by atoms with van der Waals surface area (Å²) in [6.45, 7) is 0. The van der Waals surface area contributed by atoms with E-state index in [0.717, 1.165) is 23.3 Å². The van der Waals surface area contributed by atoms with E-state index < -0.39 is 23.6 Å². The topological polar surface area (TPSA) is 96.2 Å². The molecule has 33 heavy (non-hydrogen) atoms. The van der Waals surface area contributed by atoms with Crippen LogP contribution in [0.1, 0.15) is 43.8 Å².